The summed E-state index contributed by atoms with van der Waals surface area (Å²) in [6.07, 6.45) is 3.66. The van der Waals surface area contributed by atoms with Gasteiger partial charge >= 0.3 is 0 Å². The number of nitrogens with one attached hydrogen (secondary N) is 1. The first-order valence-corrected chi connectivity index (χ1v) is 8.27. The van der Waals surface area contributed by atoms with E-state index in [2.05, 4.69) is 5.32 Å². The Morgan fingerprint density at radius 3 is 2.91 bits per heavy atom. The van der Waals surface area contributed by atoms with Crippen molar-refractivity contribution in [3.05, 3.63) is 29.3 Å². The molecule has 1 saturated carbocycles. The van der Waals surface area contributed by atoms with Crippen molar-refractivity contribution in [1.29, 1.82) is 0 Å². The monoisotopic (exact) mass is 316 g/mol. The van der Waals surface area contributed by atoms with Crippen molar-refractivity contribution >= 4 is 17.5 Å². The summed E-state index contributed by atoms with van der Waals surface area (Å²) in [6.45, 7) is 4.36. The lowest BCUT2D eigenvalue weighted by molar-refractivity contribution is -0.116. The fraction of sp³-hybridized carbons (Fsp3) is 0.556. The third kappa shape index (κ3) is 2.85. The number of rotatable bonds is 3. The number of carbonyl (C=O) groups is 2. The Bertz CT molecular complexity index is 643. The zero-order valence-electron chi connectivity index (χ0n) is 13.8. The molecule has 2 unspecified atom stereocenters. The lowest BCUT2D eigenvalue weighted by atomic mass is 9.85. The van der Waals surface area contributed by atoms with Crippen LogP contribution in [0.3, 0.4) is 0 Å². The van der Waals surface area contributed by atoms with Crippen molar-refractivity contribution in [1.82, 2.24) is 5.32 Å². The summed E-state index contributed by atoms with van der Waals surface area (Å²) in [7, 11) is 0. The van der Waals surface area contributed by atoms with Crippen molar-refractivity contribution in [2.24, 2.45) is 5.41 Å². The van der Waals surface area contributed by atoms with Crippen molar-refractivity contribution < 1.29 is 14.7 Å². The molecule has 2 aliphatic rings. The molecule has 1 fully saturated rings. The molecule has 0 bridgehead atoms. The van der Waals surface area contributed by atoms with Gasteiger partial charge in [-0.2, -0.15) is 0 Å². The highest BCUT2D eigenvalue weighted by molar-refractivity contribution is 5.98. The smallest absolute Gasteiger partial charge is 0.251 e. The van der Waals surface area contributed by atoms with E-state index in [9.17, 15) is 14.7 Å². The van der Waals surface area contributed by atoms with Crippen LogP contribution in [-0.4, -0.2) is 36.1 Å². The Hall–Kier alpha value is -1.88. The van der Waals surface area contributed by atoms with Gasteiger partial charge in [-0.25, -0.2) is 0 Å². The van der Waals surface area contributed by atoms with Crippen LogP contribution >= 0.6 is 0 Å². The van der Waals surface area contributed by atoms with Gasteiger partial charge in [0.15, 0.2) is 0 Å². The van der Waals surface area contributed by atoms with Gasteiger partial charge in [-0.1, -0.05) is 13.3 Å². The molecule has 0 aromatic heterocycles. The molecule has 2 N–H and O–H groups in total. The van der Waals surface area contributed by atoms with Crippen LogP contribution in [0.4, 0.5) is 5.69 Å². The SMILES string of the molecule is CC(=O)N1CCc2cc(C(=O)NC3CCCC3(C)CO)ccc21. The third-order valence-electron chi connectivity index (χ3n) is 5.37. The van der Waals surface area contributed by atoms with Gasteiger partial charge in [-0.15, -0.1) is 0 Å². The summed E-state index contributed by atoms with van der Waals surface area (Å²) in [5.41, 5.74) is 2.36. The zero-order chi connectivity index (χ0) is 16.6. The molecule has 1 aliphatic carbocycles. The number of anilines is 1. The van der Waals surface area contributed by atoms with E-state index in [0.717, 1.165) is 36.9 Å². The maximum absolute atomic E-state index is 12.5. The average molecular weight is 316 g/mol. The Morgan fingerprint density at radius 1 is 1.43 bits per heavy atom. The van der Waals surface area contributed by atoms with Gasteiger partial charge in [0, 0.05) is 36.2 Å². The van der Waals surface area contributed by atoms with Gasteiger partial charge in [0.2, 0.25) is 5.91 Å². The molecule has 1 heterocycles. The Balaban J connectivity index is 1.75. The first-order chi connectivity index (χ1) is 10.9. The van der Waals surface area contributed by atoms with Gasteiger partial charge in [-0.05, 0) is 43.0 Å². The van der Waals surface area contributed by atoms with E-state index >= 15 is 0 Å². The van der Waals surface area contributed by atoms with Crippen LogP contribution in [0.25, 0.3) is 0 Å². The molecule has 1 aromatic rings. The van der Waals surface area contributed by atoms with E-state index in [4.69, 9.17) is 0 Å². The lowest BCUT2D eigenvalue weighted by Gasteiger charge is -2.30. The van der Waals surface area contributed by atoms with Gasteiger partial charge in [0.25, 0.3) is 5.91 Å². The van der Waals surface area contributed by atoms with Gasteiger partial charge in [0.1, 0.15) is 0 Å². The predicted molar refractivity (Wildman–Crippen MR) is 88.5 cm³/mol. The Morgan fingerprint density at radius 2 is 2.22 bits per heavy atom. The fourth-order valence-electron chi connectivity index (χ4n) is 3.78. The number of nitrogens with zero attached hydrogens (tertiary/aromatic N) is 1. The number of amides is 2. The van der Waals surface area contributed by atoms with E-state index in [1.165, 1.54) is 0 Å². The molecular formula is C18H24N2O3. The Labute approximate surface area is 136 Å². The Kier molecular flexibility index (Phi) is 4.15. The first kappa shape index (κ1) is 16.0. The van der Waals surface area contributed by atoms with E-state index in [-0.39, 0.29) is 29.9 Å². The molecular weight excluding hydrogens is 292 g/mol. The molecule has 3 rings (SSSR count). The topological polar surface area (TPSA) is 69.6 Å². The largest absolute Gasteiger partial charge is 0.396 e. The van der Waals surface area contributed by atoms with Crippen LogP contribution in [0, 0.1) is 5.41 Å². The summed E-state index contributed by atoms with van der Waals surface area (Å²) in [5.74, 6) is -0.0636. The molecule has 1 aliphatic heterocycles. The molecule has 5 nitrogen and oxygen atoms in total. The van der Waals surface area contributed by atoms with Crippen molar-refractivity contribution in [3.8, 4) is 0 Å². The normalized spacial score (nSPS) is 26.2. The van der Waals surface area contributed by atoms with Crippen LogP contribution in [-0.2, 0) is 11.2 Å². The molecule has 5 heteroatoms. The number of aliphatic hydroxyl groups excluding tert-OH is 1. The molecule has 23 heavy (non-hydrogen) atoms. The van der Waals surface area contributed by atoms with Crippen LogP contribution in [0.2, 0.25) is 0 Å². The maximum atomic E-state index is 12.5. The second-order valence-corrected chi connectivity index (χ2v) is 6.99. The van der Waals surface area contributed by atoms with Gasteiger partial charge in [-0.3, -0.25) is 9.59 Å². The van der Waals surface area contributed by atoms with Crippen LogP contribution in [0.1, 0.15) is 49.0 Å². The number of hydrogen-bond donors (Lipinski definition) is 2. The molecule has 124 valence electrons. The maximum Gasteiger partial charge on any atom is 0.251 e. The van der Waals surface area contributed by atoms with Gasteiger partial charge in [0.05, 0.1) is 6.61 Å². The number of aliphatic hydroxyl groups is 1. The zero-order valence-corrected chi connectivity index (χ0v) is 13.8. The summed E-state index contributed by atoms with van der Waals surface area (Å²) in [6, 6.07) is 5.54. The molecule has 2 amide bonds. The minimum absolute atomic E-state index is 0.0157. The highest BCUT2D eigenvalue weighted by Gasteiger charge is 2.39. The summed E-state index contributed by atoms with van der Waals surface area (Å²) in [4.78, 5) is 25.9. The first-order valence-electron chi connectivity index (χ1n) is 8.27. The van der Waals surface area contributed by atoms with E-state index in [1.54, 1.807) is 17.9 Å². The van der Waals surface area contributed by atoms with E-state index < -0.39 is 0 Å². The van der Waals surface area contributed by atoms with Crippen molar-refractivity contribution in [2.75, 3.05) is 18.1 Å². The second-order valence-electron chi connectivity index (χ2n) is 6.99. The quantitative estimate of drug-likeness (QED) is 0.894. The third-order valence-corrected chi connectivity index (χ3v) is 5.37. The van der Waals surface area contributed by atoms with Crippen molar-refractivity contribution in [3.63, 3.8) is 0 Å². The minimum Gasteiger partial charge on any atom is -0.396 e. The molecule has 0 radical (unpaired) electrons. The number of fused-ring (bicyclic) bond motifs is 1. The van der Waals surface area contributed by atoms with E-state index in [1.807, 2.05) is 19.1 Å². The molecule has 0 spiro atoms. The second kappa shape index (κ2) is 5.96. The summed E-state index contributed by atoms with van der Waals surface area (Å²) >= 11 is 0. The van der Waals surface area contributed by atoms with E-state index in [0.29, 0.717) is 12.1 Å². The van der Waals surface area contributed by atoms with Gasteiger partial charge < -0.3 is 15.3 Å². The standard InChI is InChI=1S/C18H24N2O3/c1-12(22)20-9-7-13-10-14(5-6-15(13)20)17(23)19-16-4-3-8-18(16,2)11-21/h5-6,10,16,21H,3-4,7-9,11H2,1-2H3,(H,19,23). The highest BCUT2D eigenvalue weighted by atomic mass is 16.3. The number of benzene rings is 1. The van der Waals surface area contributed by atoms with Crippen molar-refractivity contribution in [2.45, 2.75) is 45.6 Å². The molecule has 1 aromatic carbocycles. The summed E-state index contributed by atoms with van der Waals surface area (Å²) in [5, 5.41) is 12.7. The van der Waals surface area contributed by atoms with Crippen LogP contribution in [0.5, 0.6) is 0 Å². The molecule has 2 atom stereocenters. The average Bonchev–Trinajstić information content (AvgIpc) is 3.11. The number of carbonyl (C=O) groups excluding carboxylic acids is 2. The predicted octanol–water partition coefficient (Wildman–Crippen LogP) is 1.88. The highest BCUT2D eigenvalue weighted by Crippen LogP contribution is 2.37. The lowest BCUT2D eigenvalue weighted by Crippen LogP contribution is -2.44. The molecule has 0 saturated heterocycles. The minimum atomic E-state index is -0.224. The van der Waals surface area contributed by atoms with Crippen LogP contribution < -0.4 is 10.2 Å². The summed E-state index contributed by atoms with van der Waals surface area (Å²) < 4.78 is 0. The van der Waals surface area contributed by atoms with Crippen LogP contribution in [0.15, 0.2) is 18.2 Å². The number of hydrogen-bond acceptors (Lipinski definition) is 3. The fourth-order valence-corrected chi connectivity index (χ4v) is 3.78.